The van der Waals surface area contributed by atoms with Crippen molar-refractivity contribution in [2.45, 2.75) is 51.7 Å². The number of hydrogen-bond donors (Lipinski definition) is 1. The van der Waals surface area contributed by atoms with Gasteiger partial charge < -0.3 is 15.0 Å². The summed E-state index contributed by atoms with van der Waals surface area (Å²) in [6, 6.07) is 0. The normalized spacial score (nSPS) is 25.1. The summed E-state index contributed by atoms with van der Waals surface area (Å²) in [5.74, 6) is 0.225. The lowest BCUT2D eigenvalue weighted by Crippen LogP contribution is -2.54. The molecule has 0 aromatic carbocycles. The number of hydrogen-bond acceptors (Lipinski definition) is 4. The third-order valence-corrected chi connectivity index (χ3v) is 4.51. The highest BCUT2D eigenvalue weighted by Crippen LogP contribution is 2.16. The summed E-state index contributed by atoms with van der Waals surface area (Å²) in [6.07, 6.45) is 3.85. The van der Waals surface area contributed by atoms with E-state index in [1.807, 2.05) is 25.7 Å². The van der Waals surface area contributed by atoms with E-state index >= 15 is 0 Å². The zero-order valence-electron chi connectivity index (χ0n) is 13.9. The van der Waals surface area contributed by atoms with Gasteiger partial charge in [-0.1, -0.05) is 6.92 Å². The van der Waals surface area contributed by atoms with Gasteiger partial charge in [0.15, 0.2) is 0 Å². The first kappa shape index (κ1) is 16.7. The molecule has 2 aliphatic rings. The van der Waals surface area contributed by atoms with Gasteiger partial charge in [0.25, 0.3) is 0 Å². The van der Waals surface area contributed by atoms with Crippen LogP contribution in [-0.2, 0) is 9.53 Å². The Bertz CT molecular complexity index is 340. The zero-order valence-corrected chi connectivity index (χ0v) is 13.9. The highest BCUT2D eigenvalue weighted by atomic mass is 16.5. The number of ether oxygens (including phenoxy) is 1. The molecular weight excluding hydrogens is 266 g/mol. The lowest BCUT2D eigenvalue weighted by molar-refractivity contribution is -0.137. The van der Waals surface area contributed by atoms with Gasteiger partial charge in [-0.25, -0.2) is 0 Å². The van der Waals surface area contributed by atoms with Crippen LogP contribution in [0.15, 0.2) is 0 Å². The molecule has 2 saturated heterocycles. The zero-order chi connectivity index (χ0) is 15.3. The third-order valence-electron chi connectivity index (χ3n) is 4.51. The van der Waals surface area contributed by atoms with E-state index in [4.69, 9.17) is 4.74 Å². The first-order chi connectivity index (χ1) is 10.0. The molecule has 2 rings (SSSR count). The van der Waals surface area contributed by atoms with E-state index in [1.54, 1.807) is 0 Å². The maximum atomic E-state index is 12.6. The van der Waals surface area contributed by atoms with Gasteiger partial charge in [0, 0.05) is 32.8 Å². The van der Waals surface area contributed by atoms with Gasteiger partial charge >= 0.3 is 0 Å². The standard InChI is InChI=1S/C16H31N3O2/c1-4-17-16(2,3)15(20)19-9-6-8-18(10-11-19)13-14-7-5-12-21-14/h14,17H,4-13H2,1-3H3. The second kappa shape index (κ2) is 7.56. The minimum atomic E-state index is -0.460. The number of rotatable bonds is 5. The van der Waals surface area contributed by atoms with E-state index in [2.05, 4.69) is 10.2 Å². The number of amides is 1. The first-order valence-electron chi connectivity index (χ1n) is 8.41. The van der Waals surface area contributed by atoms with E-state index in [1.165, 1.54) is 12.8 Å². The van der Waals surface area contributed by atoms with E-state index in [-0.39, 0.29) is 5.91 Å². The van der Waals surface area contributed by atoms with Crippen molar-refractivity contribution >= 4 is 5.91 Å². The molecule has 21 heavy (non-hydrogen) atoms. The summed E-state index contributed by atoms with van der Waals surface area (Å²) in [5.41, 5.74) is -0.460. The van der Waals surface area contributed by atoms with Crippen molar-refractivity contribution < 1.29 is 9.53 Å². The van der Waals surface area contributed by atoms with Crippen LogP contribution in [-0.4, -0.2) is 73.2 Å². The van der Waals surface area contributed by atoms with Gasteiger partial charge in [0.2, 0.25) is 5.91 Å². The van der Waals surface area contributed by atoms with Gasteiger partial charge in [-0.15, -0.1) is 0 Å². The Labute approximate surface area is 129 Å². The van der Waals surface area contributed by atoms with Gasteiger partial charge in [-0.05, 0) is 46.2 Å². The number of carbonyl (C=O) groups is 1. The average Bonchev–Trinajstić information content (AvgIpc) is 2.83. The molecule has 0 aromatic heterocycles. The largest absolute Gasteiger partial charge is 0.377 e. The summed E-state index contributed by atoms with van der Waals surface area (Å²) in [6.45, 7) is 12.5. The topological polar surface area (TPSA) is 44.8 Å². The number of carbonyl (C=O) groups excluding carboxylic acids is 1. The molecule has 2 aliphatic heterocycles. The second-order valence-electron chi connectivity index (χ2n) is 6.74. The molecule has 0 radical (unpaired) electrons. The second-order valence-corrected chi connectivity index (χ2v) is 6.74. The monoisotopic (exact) mass is 297 g/mol. The maximum Gasteiger partial charge on any atom is 0.242 e. The van der Waals surface area contributed by atoms with Crippen LogP contribution in [0, 0.1) is 0 Å². The van der Waals surface area contributed by atoms with Gasteiger partial charge in [0.1, 0.15) is 0 Å². The quantitative estimate of drug-likeness (QED) is 0.825. The van der Waals surface area contributed by atoms with Gasteiger partial charge in [0.05, 0.1) is 11.6 Å². The molecule has 1 N–H and O–H groups in total. The van der Waals surface area contributed by atoms with E-state index in [0.29, 0.717) is 6.10 Å². The minimum Gasteiger partial charge on any atom is -0.377 e. The fourth-order valence-corrected chi connectivity index (χ4v) is 3.35. The molecule has 0 aromatic rings. The van der Waals surface area contributed by atoms with Crippen LogP contribution in [0.2, 0.25) is 0 Å². The summed E-state index contributed by atoms with van der Waals surface area (Å²) in [4.78, 5) is 17.1. The predicted octanol–water partition coefficient (Wildman–Crippen LogP) is 1.09. The molecule has 1 unspecified atom stereocenters. The number of likely N-dealkylation sites (N-methyl/N-ethyl adjacent to an activating group) is 1. The Balaban J connectivity index is 1.83. The molecule has 0 spiro atoms. The third kappa shape index (κ3) is 4.66. The van der Waals surface area contributed by atoms with Crippen LogP contribution in [0.3, 0.4) is 0 Å². The molecule has 2 fully saturated rings. The highest BCUT2D eigenvalue weighted by Gasteiger charge is 2.32. The Morgan fingerprint density at radius 3 is 2.71 bits per heavy atom. The van der Waals surface area contributed by atoms with Crippen molar-refractivity contribution in [2.75, 3.05) is 45.9 Å². The van der Waals surface area contributed by atoms with Crippen molar-refractivity contribution in [2.24, 2.45) is 0 Å². The molecule has 0 bridgehead atoms. The van der Waals surface area contributed by atoms with Crippen LogP contribution in [0.5, 0.6) is 0 Å². The first-order valence-corrected chi connectivity index (χ1v) is 8.41. The summed E-state index contributed by atoms with van der Waals surface area (Å²) in [7, 11) is 0. The van der Waals surface area contributed by atoms with Crippen LogP contribution in [0.4, 0.5) is 0 Å². The molecule has 5 nitrogen and oxygen atoms in total. The maximum absolute atomic E-state index is 12.6. The molecule has 122 valence electrons. The molecule has 2 heterocycles. The van der Waals surface area contributed by atoms with E-state index in [0.717, 1.165) is 52.3 Å². The fourth-order valence-electron chi connectivity index (χ4n) is 3.35. The predicted molar refractivity (Wildman–Crippen MR) is 84.4 cm³/mol. The van der Waals surface area contributed by atoms with Gasteiger partial charge in [-0.2, -0.15) is 0 Å². The van der Waals surface area contributed by atoms with Crippen LogP contribution in [0.25, 0.3) is 0 Å². The summed E-state index contributed by atoms with van der Waals surface area (Å²) < 4.78 is 5.72. The summed E-state index contributed by atoms with van der Waals surface area (Å²) >= 11 is 0. The molecule has 1 atom stereocenters. The molecule has 1 amide bonds. The van der Waals surface area contributed by atoms with Crippen molar-refractivity contribution in [1.29, 1.82) is 0 Å². The van der Waals surface area contributed by atoms with Crippen molar-refractivity contribution in [1.82, 2.24) is 15.1 Å². The van der Waals surface area contributed by atoms with Crippen LogP contribution in [0.1, 0.15) is 40.0 Å². The number of nitrogens with zero attached hydrogens (tertiary/aromatic N) is 2. The Morgan fingerprint density at radius 1 is 1.24 bits per heavy atom. The molecular formula is C16H31N3O2. The SMILES string of the molecule is CCNC(C)(C)C(=O)N1CCCN(CC2CCCO2)CC1. The Hall–Kier alpha value is -0.650. The summed E-state index contributed by atoms with van der Waals surface area (Å²) in [5, 5.41) is 3.28. The average molecular weight is 297 g/mol. The van der Waals surface area contributed by atoms with Crippen LogP contribution >= 0.6 is 0 Å². The Kier molecular flexibility index (Phi) is 6.02. The minimum absolute atomic E-state index is 0.225. The lowest BCUT2D eigenvalue weighted by Gasteiger charge is -2.32. The highest BCUT2D eigenvalue weighted by molar-refractivity contribution is 5.85. The number of nitrogens with one attached hydrogen (secondary N) is 1. The van der Waals surface area contributed by atoms with Gasteiger partial charge in [-0.3, -0.25) is 9.69 Å². The van der Waals surface area contributed by atoms with Crippen molar-refractivity contribution in [3.8, 4) is 0 Å². The van der Waals surface area contributed by atoms with E-state index in [9.17, 15) is 4.79 Å². The molecule has 0 saturated carbocycles. The smallest absolute Gasteiger partial charge is 0.242 e. The molecule has 5 heteroatoms. The van der Waals surface area contributed by atoms with E-state index < -0.39 is 5.54 Å². The fraction of sp³-hybridized carbons (Fsp3) is 0.938. The van der Waals surface area contributed by atoms with Crippen molar-refractivity contribution in [3.63, 3.8) is 0 Å². The van der Waals surface area contributed by atoms with Crippen molar-refractivity contribution in [3.05, 3.63) is 0 Å². The Morgan fingerprint density at radius 2 is 2.05 bits per heavy atom. The van der Waals surface area contributed by atoms with Crippen LogP contribution < -0.4 is 5.32 Å². The molecule has 0 aliphatic carbocycles. The lowest BCUT2D eigenvalue weighted by atomic mass is 10.0.